The van der Waals surface area contributed by atoms with E-state index in [2.05, 4.69) is 5.32 Å². The number of carboxylic acid groups (broad SMARTS) is 1. The van der Waals surface area contributed by atoms with E-state index in [0.29, 0.717) is 5.75 Å². The highest BCUT2D eigenvalue weighted by Gasteiger charge is 2.32. The van der Waals surface area contributed by atoms with E-state index in [0.717, 1.165) is 0 Å². The van der Waals surface area contributed by atoms with Crippen molar-refractivity contribution >= 4 is 5.97 Å². The largest absolute Gasteiger partial charge is 0.491 e. The zero-order chi connectivity index (χ0) is 12.2. The topological polar surface area (TPSA) is 58.6 Å². The third-order valence-corrected chi connectivity index (χ3v) is 2.36. The molecule has 1 atom stereocenters. The van der Waals surface area contributed by atoms with Crippen LogP contribution in [0.4, 0.5) is 4.39 Å². The molecule has 1 unspecified atom stereocenters. The lowest BCUT2D eigenvalue weighted by Crippen LogP contribution is -2.52. The highest BCUT2D eigenvalue weighted by Crippen LogP contribution is 2.13. The summed E-state index contributed by atoms with van der Waals surface area (Å²) in [7, 11) is 1.54. The Morgan fingerprint density at radius 2 is 2.06 bits per heavy atom. The van der Waals surface area contributed by atoms with Crippen molar-refractivity contribution in [3.8, 4) is 5.75 Å². The summed E-state index contributed by atoms with van der Waals surface area (Å²) in [5.74, 6) is -0.928. The molecule has 0 aliphatic heterocycles. The molecule has 0 heterocycles. The van der Waals surface area contributed by atoms with Gasteiger partial charge in [0, 0.05) is 0 Å². The van der Waals surface area contributed by atoms with Crippen LogP contribution in [0.25, 0.3) is 0 Å². The lowest BCUT2D eigenvalue weighted by molar-refractivity contribution is -0.145. The van der Waals surface area contributed by atoms with Crippen LogP contribution < -0.4 is 10.1 Å². The van der Waals surface area contributed by atoms with E-state index in [-0.39, 0.29) is 12.4 Å². The van der Waals surface area contributed by atoms with E-state index in [4.69, 9.17) is 9.84 Å². The first-order valence-electron chi connectivity index (χ1n) is 4.78. The SMILES string of the molecule is CNC(C)(COc1ccc(F)cc1)C(=O)O. The second-order valence-electron chi connectivity index (χ2n) is 3.63. The standard InChI is InChI=1S/C11H14FNO3/c1-11(13-2,10(14)15)7-16-9-5-3-8(12)4-6-9/h3-6,13H,7H2,1-2H3,(H,14,15). The smallest absolute Gasteiger partial charge is 0.327 e. The minimum Gasteiger partial charge on any atom is -0.491 e. The summed E-state index contributed by atoms with van der Waals surface area (Å²) in [5.41, 5.74) is -1.16. The van der Waals surface area contributed by atoms with Crippen LogP contribution in [0.15, 0.2) is 24.3 Å². The number of rotatable bonds is 5. The van der Waals surface area contributed by atoms with Crippen molar-refractivity contribution in [2.24, 2.45) is 0 Å². The number of nitrogens with one attached hydrogen (secondary N) is 1. The Hall–Kier alpha value is -1.62. The Kier molecular flexibility index (Phi) is 3.84. The first kappa shape index (κ1) is 12.4. The van der Waals surface area contributed by atoms with E-state index >= 15 is 0 Å². The lowest BCUT2D eigenvalue weighted by atomic mass is 10.1. The van der Waals surface area contributed by atoms with Gasteiger partial charge in [0.1, 0.15) is 23.7 Å². The number of halogens is 1. The van der Waals surface area contributed by atoms with Gasteiger partial charge < -0.3 is 15.2 Å². The van der Waals surface area contributed by atoms with Crippen molar-refractivity contribution in [3.05, 3.63) is 30.1 Å². The third kappa shape index (κ3) is 2.93. The molecule has 0 fully saturated rings. The summed E-state index contributed by atoms with van der Waals surface area (Å²) in [5, 5.41) is 11.6. The van der Waals surface area contributed by atoms with Gasteiger partial charge in [0.05, 0.1) is 0 Å². The van der Waals surface area contributed by atoms with Crippen molar-refractivity contribution in [3.63, 3.8) is 0 Å². The van der Waals surface area contributed by atoms with Gasteiger partial charge in [-0.1, -0.05) is 0 Å². The Bertz CT molecular complexity index is 366. The predicted molar refractivity (Wildman–Crippen MR) is 57.0 cm³/mol. The Labute approximate surface area is 93.0 Å². The zero-order valence-corrected chi connectivity index (χ0v) is 9.16. The number of benzene rings is 1. The Morgan fingerprint density at radius 3 is 2.50 bits per heavy atom. The van der Waals surface area contributed by atoms with E-state index in [9.17, 15) is 9.18 Å². The molecule has 2 N–H and O–H groups in total. The quantitative estimate of drug-likeness (QED) is 0.795. The maximum Gasteiger partial charge on any atom is 0.327 e. The molecule has 16 heavy (non-hydrogen) atoms. The van der Waals surface area contributed by atoms with Crippen LogP contribution in [0.1, 0.15) is 6.92 Å². The Balaban J connectivity index is 2.63. The second-order valence-corrected chi connectivity index (χ2v) is 3.63. The summed E-state index contributed by atoms with van der Waals surface area (Å²) in [6.45, 7) is 1.48. The summed E-state index contributed by atoms with van der Waals surface area (Å²) in [6.07, 6.45) is 0. The number of carboxylic acids is 1. The van der Waals surface area contributed by atoms with Crippen LogP contribution in [0.5, 0.6) is 5.75 Å². The molecule has 88 valence electrons. The van der Waals surface area contributed by atoms with Gasteiger partial charge in [-0.05, 0) is 38.2 Å². The first-order valence-corrected chi connectivity index (χ1v) is 4.78. The maximum absolute atomic E-state index is 12.6. The van der Waals surface area contributed by atoms with Gasteiger partial charge >= 0.3 is 5.97 Å². The molecule has 0 spiro atoms. The van der Waals surface area contributed by atoms with Crippen molar-refractivity contribution in [2.45, 2.75) is 12.5 Å². The van der Waals surface area contributed by atoms with Gasteiger partial charge in [-0.25, -0.2) is 4.39 Å². The van der Waals surface area contributed by atoms with Crippen LogP contribution >= 0.6 is 0 Å². The average molecular weight is 227 g/mol. The van der Waals surface area contributed by atoms with Crippen molar-refractivity contribution in [1.29, 1.82) is 0 Å². The van der Waals surface area contributed by atoms with Crippen LogP contribution in [-0.4, -0.2) is 30.3 Å². The molecule has 1 aromatic rings. The number of carbonyl (C=O) groups is 1. The van der Waals surface area contributed by atoms with E-state index in [1.165, 1.54) is 31.2 Å². The van der Waals surface area contributed by atoms with Crippen molar-refractivity contribution < 1.29 is 19.0 Å². The molecule has 0 saturated heterocycles. The van der Waals surface area contributed by atoms with Crippen molar-refractivity contribution in [1.82, 2.24) is 5.32 Å². The molecule has 0 amide bonds. The molecule has 5 heteroatoms. The number of aliphatic carboxylic acids is 1. The summed E-state index contributed by atoms with van der Waals surface area (Å²) >= 11 is 0. The van der Waals surface area contributed by atoms with Gasteiger partial charge in [-0.2, -0.15) is 0 Å². The fourth-order valence-electron chi connectivity index (χ4n) is 0.999. The molecular weight excluding hydrogens is 213 g/mol. The van der Waals surface area contributed by atoms with Gasteiger partial charge in [-0.3, -0.25) is 4.79 Å². The fraction of sp³-hybridized carbons (Fsp3) is 0.364. The second kappa shape index (κ2) is 4.94. The summed E-state index contributed by atoms with van der Waals surface area (Å²) in [4.78, 5) is 10.9. The minimum atomic E-state index is -1.16. The lowest BCUT2D eigenvalue weighted by Gasteiger charge is -2.24. The predicted octanol–water partition coefficient (Wildman–Crippen LogP) is 1.27. The minimum absolute atomic E-state index is 0.0372. The molecule has 0 aliphatic carbocycles. The monoisotopic (exact) mass is 227 g/mol. The Morgan fingerprint density at radius 1 is 1.50 bits per heavy atom. The number of ether oxygens (including phenoxy) is 1. The van der Waals surface area contributed by atoms with E-state index < -0.39 is 11.5 Å². The highest BCUT2D eigenvalue weighted by atomic mass is 19.1. The van der Waals surface area contributed by atoms with E-state index in [1.54, 1.807) is 7.05 Å². The van der Waals surface area contributed by atoms with Gasteiger partial charge in [-0.15, -0.1) is 0 Å². The fourth-order valence-corrected chi connectivity index (χ4v) is 0.999. The average Bonchev–Trinajstić information content (AvgIpc) is 2.27. The normalized spacial score (nSPS) is 14.2. The van der Waals surface area contributed by atoms with Crippen LogP contribution in [0, 0.1) is 5.82 Å². The molecule has 1 rings (SSSR count). The molecule has 0 aliphatic rings. The molecular formula is C11H14FNO3. The number of hydrogen-bond acceptors (Lipinski definition) is 3. The van der Waals surface area contributed by atoms with Gasteiger partial charge in [0.25, 0.3) is 0 Å². The first-order chi connectivity index (χ1) is 7.48. The zero-order valence-electron chi connectivity index (χ0n) is 9.16. The van der Waals surface area contributed by atoms with Gasteiger partial charge in [0.2, 0.25) is 0 Å². The maximum atomic E-state index is 12.6. The molecule has 0 bridgehead atoms. The highest BCUT2D eigenvalue weighted by molar-refractivity contribution is 5.78. The van der Waals surface area contributed by atoms with Crippen LogP contribution in [0.3, 0.4) is 0 Å². The molecule has 0 saturated carbocycles. The molecule has 0 radical (unpaired) electrons. The summed E-state index contributed by atoms with van der Waals surface area (Å²) in [6, 6.07) is 5.42. The van der Waals surface area contributed by atoms with Crippen LogP contribution in [0.2, 0.25) is 0 Å². The van der Waals surface area contributed by atoms with E-state index in [1.807, 2.05) is 0 Å². The molecule has 0 aromatic heterocycles. The third-order valence-electron chi connectivity index (χ3n) is 2.36. The molecule has 1 aromatic carbocycles. The van der Waals surface area contributed by atoms with Gasteiger partial charge in [0.15, 0.2) is 0 Å². The van der Waals surface area contributed by atoms with Crippen LogP contribution in [-0.2, 0) is 4.79 Å². The number of likely N-dealkylation sites (N-methyl/N-ethyl adjacent to an activating group) is 1. The molecule has 4 nitrogen and oxygen atoms in total. The van der Waals surface area contributed by atoms with Crippen molar-refractivity contribution in [2.75, 3.05) is 13.7 Å². The summed E-state index contributed by atoms with van der Waals surface area (Å²) < 4.78 is 17.9. The number of hydrogen-bond donors (Lipinski definition) is 2.